The van der Waals surface area contributed by atoms with Gasteiger partial charge in [0, 0.05) is 16.8 Å². The molecule has 3 nitrogen and oxygen atoms in total. The van der Waals surface area contributed by atoms with Gasteiger partial charge in [-0.05, 0) is 35.4 Å². The predicted octanol–water partition coefficient (Wildman–Crippen LogP) is 8.25. The smallest absolute Gasteiger partial charge is 0.149 e. The molecule has 0 saturated heterocycles. The maximum absolute atomic E-state index is 11.1. The minimum absolute atomic E-state index is 0.191. The Morgan fingerprint density at radius 1 is 0.500 bits per heavy atom. The molecule has 0 aliphatic carbocycles. The van der Waals surface area contributed by atoms with Gasteiger partial charge in [-0.1, -0.05) is 115 Å². The average molecular weight is 465 g/mol. The van der Waals surface area contributed by atoms with Crippen LogP contribution in [0.3, 0.4) is 0 Å². The van der Waals surface area contributed by atoms with Crippen molar-refractivity contribution in [2.75, 3.05) is 0 Å². The number of aromatic hydroxyl groups is 1. The van der Waals surface area contributed by atoms with E-state index in [2.05, 4.69) is 53.1 Å². The van der Waals surface area contributed by atoms with Crippen molar-refractivity contribution in [2.24, 2.45) is 0 Å². The summed E-state index contributed by atoms with van der Waals surface area (Å²) in [4.78, 5) is 5.20. The highest BCUT2D eigenvalue weighted by Gasteiger charge is 2.24. The monoisotopic (exact) mass is 464 g/mol. The third kappa shape index (κ3) is 3.97. The number of para-hydroxylation sites is 1. The number of phenols is 1. The second kappa shape index (κ2) is 9.40. The van der Waals surface area contributed by atoms with Crippen LogP contribution in [0, 0.1) is 0 Å². The normalized spacial score (nSPS) is 10.9. The van der Waals surface area contributed by atoms with E-state index in [0.717, 1.165) is 39.3 Å². The van der Waals surface area contributed by atoms with Gasteiger partial charge in [0.15, 0.2) is 0 Å². The molecule has 0 aliphatic rings. The zero-order valence-electron chi connectivity index (χ0n) is 19.6. The number of nitrogens with zero attached hydrogens (tertiary/aromatic N) is 2. The van der Waals surface area contributed by atoms with E-state index in [4.69, 9.17) is 4.98 Å². The molecule has 0 radical (unpaired) electrons. The number of rotatable bonds is 5. The minimum Gasteiger partial charge on any atom is -0.507 e. The van der Waals surface area contributed by atoms with Crippen LogP contribution in [-0.4, -0.2) is 14.7 Å². The van der Waals surface area contributed by atoms with E-state index in [1.54, 1.807) is 6.07 Å². The first-order valence-electron chi connectivity index (χ1n) is 12.0. The molecule has 0 unspecified atom stereocenters. The Morgan fingerprint density at radius 2 is 1.03 bits per heavy atom. The molecule has 172 valence electrons. The van der Waals surface area contributed by atoms with E-state index in [0.29, 0.717) is 11.4 Å². The second-order valence-corrected chi connectivity index (χ2v) is 8.63. The fourth-order valence-electron chi connectivity index (χ4n) is 4.61. The summed E-state index contributed by atoms with van der Waals surface area (Å²) in [5, 5.41) is 11.1. The van der Waals surface area contributed by atoms with Crippen LogP contribution in [-0.2, 0) is 0 Å². The first-order valence-corrected chi connectivity index (χ1v) is 12.0. The van der Waals surface area contributed by atoms with Crippen LogP contribution in [0.1, 0.15) is 0 Å². The second-order valence-electron chi connectivity index (χ2n) is 8.63. The van der Waals surface area contributed by atoms with E-state index < -0.39 is 0 Å². The average Bonchev–Trinajstić information content (AvgIpc) is 3.36. The summed E-state index contributed by atoms with van der Waals surface area (Å²) in [7, 11) is 0. The topological polar surface area (TPSA) is 38.1 Å². The van der Waals surface area contributed by atoms with Crippen LogP contribution >= 0.6 is 0 Å². The van der Waals surface area contributed by atoms with Gasteiger partial charge < -0.3 is 5.11 Å². The molecule has 6 aromatic rings. The fraction of sp³-hybridized carbons (Fsp3) is 0. The summed E-state index contributed by atoms with van der Waals surface area (Å²) in [6, 6.07) is 46.7. The Bertz CT molecular complexity index is 1610. The molecule has 1 aromatic heterocycles. The number of phenolic OH excluding ortho intramolecular Hbond substituents is 1. The van der Waals surface area contributed by atoms with Crippen molar-refractivity contribution in [3.8, 4) is 56.5 Å². The van der Waals surface area contributed by atoms with Crippen molar-refractivity contribution >= 4 is 0 Å². The number of imidazole rings is 1. The molecule has 3 heteroatoms. The van der Waals surface area contributed by atoms with Crippen LogP contribution < -0.4 is 0 Å². The molecular weight excluding hydrogens is 440 g/mol. The summed E-state index contributed by atoms with van der Waals surface area (Å²) in [6.45, 7) is 0. The van der Waals surface area contributed by atoms with E-state index in [1.165, 1.54) is 0 Å². The van der Waals surface area contributed by atoms with Crippen molar-refractivity contribution in [2.45, 2.75) is 0 Å². The first-order chi connectivity index (χ1) is 17.8. The standard InChI is InChI=1S/C33H24N2O/c36-30-22-21-27(24-13-5-1-6-14-24)23-29(30)33-34-31(25-15-7-2-8-16-25)32(26-17-9-3-10-18-26)35(33)28-19-11-4-12-20-28/h1-23,36H. The van der Waals surface area contributed by atoms with Gasteiger partial charge in [0.2, 0.25) is 0 Å². The van der Waals surface area contributed by atoms with Gasteiger partial charge in [0.05, 0.1) is 17.0 Å². The molecule has 0 atom stereocenters. The van der Waals surface area contributed by atoms with Crippen molar-refractivity contribution in [1.29, 1.82) is 0 Å². The van der Waals surface area contributed by atoms with Gasteiger partial charge in [0.1, 0.15) is 11.6 Å². The predicted molar refractivity (Wildman–Crippen MR) is 147 cm³/mol. The largest absolute Gasteiger partial charge is 0.507 e. The Labute approximate surface area is 210 Å². The molecule has 0 spiro atoms. The first kappa shape index (κ1) is 21.6. The Kier molecular flexibility index (Phi) is 5.65. The molecule has 0 amide bonds. The van der Waals surface area contributed by atoms with Crippen molar-refractivity contribution in [3.63, 3.8) is 0 Å². The van der Waals surface area contributed by atoms with Crippen molar-refractivity contribution < 1.29 is 5.11 Å². The van der Waals surface area contributed by atoms with Crippen LogP contribution in [0.4, 0.5) is 0 Å². The lowest BCUT2D eigenvalue weighted by Gasteiger charge is -2.15. The van der Waals surface area contributed by atoms with Crippen molar-refractivity contribution in [3.05, 3.63) is 140 Å². The van der Waals surface area contributed by atoms with Crippen LogP contribution in [0.2, 0.25) is 0 Å². The third-order valence-electron chi connectivity index (χ3n) is 6.33. The molecule has 1 N–H and O–H groups in total. The van der Waals surface area contributed by atoms with E-state index in [1.807, 2.05) is 84.9 Å². The van der Waals surface area contributed by atoms with Crippen molar-refractivity contribution in [1.82, 2.24) is 9.55 Å². The van der Waals surface area contributed by atoms with E-state index in [-0.39, 0.29) is 5.75 Å². The molecule has 6 rings (SSSR count). The summed E-state index contributed by atoms with van der Waals surface area (Å²) in [5.74, 6) is 0.880. The Morgan fingerprint density at radius 3 is 1.64 bits per heavy atom. The van der Waals surface area contributed by atoms with Gasteiger partial charge in [-0.25, -0.2) is 4.98 Å². The molecule has 0 fully saturated rings. The molecule has 0 saturated carbocycles. The van der Waals surface area contributed by atoms with Crippen LogP contribution in [0.15, 0.2) is 140 Å². The lowest BCUT2D eigenvalue weighted by atomic mass is 10.0. The van der Waals surface area contributed by atoms with Gasteiger partial charge >= 0.3 is 0 Å². The molecular formula is C33H24N2O. The third-order valence-corrected chi connectivity index (χ3v) is 6.33. The van der Waals surface area contributed by atoms with Gasteiger partial charge in [-0.15, -0.1) is 0 Å². The highest BCUT2D eigenvalue weighted by Crippen LogP contribution is 2.41. The van der Waals surface area contributed by atoms with Gasteiger partial charge in [-0.2, -0.15) is 0 Å². The summed E-state index contributed by atoms with van der Waals surface area (Å²) < 4.78 is 2.15. The van der Waals surface area contributed by atoms with E-state index >= 15 is 0 Å². The minimum atomic E-state index is 0.191. The Balaban J connectivity index is 1.69. The van der Waals surface area contributed by atoms with Gasteiger partial charge in [0.25, 0.3) is 0 Å². The lowest BCUT2D eigenvalue weighted by molar-refractivity contribution is 0.477. The van der Waals surface area contributed by atoms with Crippen LogP contribution in [0.25, 0.3) is 50.7 Å². The highest BCUT2D eigenvalue weighted by molar-refractivity contribution is 5.86. The summed E-state index contributed by atoms with van der Waals surface area (Å²) in [6.07, 6.45) is 0. The molecule has 1 heterocycles. The summed E-state index contributed by atoms with van der Waals surface area (Å²) in [5.41, 5.74) is 7.68. The molecule has 0 aliphatic heterocycles. The number of benzene rings is 5. The summed E-state index contributed by atoms with van der Waals surface area (Å²) >= 11 is 0. The number of hydrogen-bond acceptors (Lipinski definition) is 2. The number of aromatic nitrogens is 2. The fourth-order valence-corrected chi connectivity index (χ4v) is 4.61. The quantitative estimate of drug-likeness (QED) is 0.279. The SMILES string of the molecule is Oc1ccc(-c2ccccc2)cc1-c1nc(-c2ccccc2)c(-c2ccccc2)n1-c1ccccc1. The van der Waals surface area contributed by atoms with Crippen LogP contribution in [0.5, 0.6) is 5.75 Å². The zero-order valence-corrected chi connectivity index (χ0v) is 19.6. The van der Waals surface area contributed by atoms with Gasteiger partial charge in [-0.3, -0.25) is 4.57 Å². The Hall–Kier alpha value is -4.89. The maximum Gasteiger partial charge on any atom is 0.149 e. The zero-order chi connectivity index (χ0) is 24.3. The molecule has 36 heavy (non-hydrogen) atoms. The lowest BCUT2D eigenvalue weighted by Crippen LogP contribution is -2.00. The highest BCUT2D eigenvalue weighted by atomic mass is 16.3. The molecule has 5 aromatic carbocycles. The maximum atomic E-state index is 11.1. The van der Waals surface area contributed by atoms with E-state index in [9.17, 15) is 5.11 Å². The number of hydrogen-bond donors (Lipinski definition) is 1. The molecule has 0 bridgehead atoms.